The van der Waals surface area contributed by atoms with E-state index in [2.05, 4.69) is 29.3 Å². The molecule has 2 fully saturated rings. The van der Waals surface area contributed by atoms with Crippen LogP contribution in [0.4, 0.5) is 11.4 Å². The molecule has 0 unspecified atom stereocenters. The summed E-state index contributed by atoms with van der Waals surface area (Å²) in [6.45, 7) is 5.40. The highest BCUT2D eigenvalue weighted by atomic mass is 32.1. The molecule has 0 bridgehead atoms. The van der Waals surface area contributed by atoms with Gasteiger partial charge < -0.3 is 15.0 Å². The van der Waals surface area contributed by atoms with Gasteiger partial charge in [-0.05, 0) is 54.0 Å². The summed E-state index contributed by atoms with van der Waals surface area (Å²) in [5.74, 6) is -0.122. The maximum absolute atomic E-state index is 13.0. The van der Waals surface area contributed by atoms with Crippen LogP contribution >= 0.6 is 12.2 Å². The first-order valence-electron chi connectivity index (χ1n) is 9.55. The van der Waals surface area contributed by atoms with Gasteiger partial charge in [0.1, 0.15) is 5.70 Å². The van der Waals surface area contributed by atoms with Crippen molar-refractivity contribution in [1.29, 1.82) is 0 Å². The van der Waals surface area contributed by atoms with Crippen molar-refractivity contribution in [2.45, 2.75) is 13.3 Å². The number of aryl methyl sites for hydroxylation is 1. The minimum absolute atomic E-state index is 0.122. The van der Waals surface area contributed by atoms with Gasteiger partial charge in [0.25, 0.3) is 5.91 Å². The Balaban J connectivity index is 1.55. The largest absolute Gasteiger partial charge is 0.378 e. The van der Waals surface area contributed by atoms with Crippen LogP contribution in [0.25, 0.3) is 6.08 Å². The Labute approximate surface area is 170 Å². The number of hydrogen-bond donors (Lipinski definition) is 1. The zero-order chi connectivity index (χ0) is 19.5. The van der Waals surface area contributed by atoms with Crippen molar-refractivity contribution in [3.63, 3.8) is 0 Å². The number of amides is 1. The molecule has 2 heterocycles. The Hall–Kier alpha value is -2.70. The van der Waals surface area contributed by atoms with Crippen molar-refractivity contribution >= 4 is 40.7 Å². The molecule has 0 radical (unpaired) electrons. The highest BCUT2D eigenvalue weighted by Crippen LogP contribution is 2.27. The van der Waals surface area contributed by atoms with Crippen LogP contribution in [0.2, 0.25) is 0 Å². The van der Waals surface area contributed by atoms with Gasteiger partial charge in [-0.15, -0.1) is 0 Å². The van der Waals surface area contributed by atoms with E-state index < -0.39 is 0 Å². The molecule has 0 spiro atoms. The number of ether oxygens (including phenoxy) is 1. The standard InChI is InChI=1S/C22H23N3O2S/c1-2-17-5-3-4-6-20(17)25-21(26)19(23-22(25)28)15-16-7-9-18(10-8-16)24-11-13-27-14-12-24/h3-10,15H,2,11-14H2,1H3,(H,23,28)/b19-15+. The average molecular weight is 394 g/mol. The molecule has 1 amide bonds. The minimum atomic E-state index is -0.122. The molecule has 4 rings (SSSR count). The fourth-order valence-electron chi connectivity index (χ4n) is 3.55. The molecule has 1 N–H and O–H groups in total. The summed E-state index contributed by atoms with van der Waals surface area (Å²) < 4.78 is 5.40. The predicted octanol–water partition coefficient (Wildman–Crippen LogP) is 3.35. The lowest BCUT2D eigenvalue weighted by Crippen LogP contribution is -2.36. The summed E-state index contributed by atoms with van der Waals surface area (Å²) in [7, 11) is 0. The molecule has 2 aromatic rings. The number of rotatable bonds is 4. The Kier molecular flexibility index (Phi) is 5.41. The van der Waals surface area contributed by atoms with Crippen LogP contribution in [-0.2, 0) is 16.0 Å². The summed E-state index contributed by atoms with van der Waals surface area (Å²) in [5.41, 5.74) is 4.57. The van der Waals surface area contributed by atoms with Crippen molar-refractivity contribution < 1.29 is 9.53 Å². The minimum Gasteiger partial charge on any atom is -0.378 e. The van der Waals surface area contributed by atoms with E-state index in [1.54, 1.807) is 4.90 Å². The summed E-state index contributed by atoms with van der Waals surface area (Å²) >= 11 is 5.44. The number of thiocarbonyl (C=S) groups is 1. The van der Waals surface area contributed by atoms with Gasteiger partial charge in [0.15, 0.2) is 5.11 Å². The van der Waals surface area contributed by atoms with E-state index in [1.807, 2.05) is 42.5 Å². The maximum Gasteiger partial charge on any atom is 0.281 e. The van der Waals surface area contributed by atoms with E-state index in [0.717, 1.165) is 49.5 Å². The van der Waals surface area contributed by atoms with Gasteiger partial charge >= 0.3 is 0 Å². The third kappa shape index (κ3) is 3.66. The molecule has 5 nitrogen and oxygen atoms in total. The Morgan fingerprint density at radius 2 is 1.82 bits per heavy atom. The highest BCUT2D eigenvalue weighted by Gasteiger charge is 2.32. The Morgan fingerprint density at radius 1 is 1.11 bits per heavy atom. The fraction of sp³-hybridized carbons (Fsp3) is 0.273. The predicted molar refractivity (Wildman–Crippen MR) is 116 cm³/mol. The number of carbonyl (C=O) groups is 1. The maximum atomic E-state index is 13.0. The second-order valence-corrected chi connectivity index (χ2v) is 7.19. The third-order valence-corrected chi connectivity index (χ3v) is 5.36. The van der Waals surface area contributed by atoms with E-state index >= 15 is 0 Å². The van der Waals surface area contributed by atoms with Gasteiger partial charge in [0, 0.05) is 18.8 Å². The Morgan fingerprint density at radius 3 is 2.54 bits per heavy atom. The van der Waals surface area contributed by atoms with E-state index in [1.165, 1.54) is 5.69 Å². The van der Waals surface area contributed by atoms with Crippen LogP contribution in [0.15, 0.2) is 54.2 Å². The lowest BCUT2D eigenvalue weighted by molar-refractivity contribution is -0.113. The molecular formula is C22H23N3O2S. The zero-order valence-electron chi connectivity index (χ0n) is 15.9. The van der Waals surface area contributed by atoms with Crippen LogP contribution in [0.3, 0.4) is 0 Å². The van der Waals surface area contributed by atoms with Crippen molar-refractivity contribution in [3.8, 4) is 0 Å². The number of para-hydroxylation sites is 1. The number of carbonyl (C=O) groups excluding carboxylic acids is 1. The molecule has 2 aromatic carbocycles. The highest BCUT2D eigenvalue weighted by molar-refractivity contribution is 7.80. The average Bonchev–Trinajstić information content (AvgIpc) is 3.02. The summed E-state index contributed by atoms with van der Waals surface area (Å²) in [5, 5.41) is 3.49. The molecule has 144 valence electrons. The van der Waals surface area contributed by atoms with Crippen LogP contribution in [0.5, 0.6) is 0 Å². The molecule has 6 heteroatoms. The normalized spacial score (nSPS) is 18.7. The molecule has 0 aliphatic carbocycles. The number of anilines is 2. The SMILES string of the molecule is CCc1ccccc1N1C(=O)/C(=C\c2ccc(N3CCOCC3)cc2)NC1=S. The lowest BCUT2D eigenvalue weighted by atomic mass is 10.1. The van der Waals surface area contributed by atoms with E-state index in [0.29, 0.717) is 10.8 Å². The van der Waals surface area contributed by atoms with Crippen LogP contribution in [0.1, 0.15) is 18.1 Å². The van der Waals surface area contributed by atoms with E-state index in [9.17, 15) is 4.79 Å². The van der Waals surface area contributed by atoms with Gasteiger partial charge in [-0.1, -0.05) is 37.3 Å². The second kappa shape index (κ2) is 8.12. The van der Waals surface area contributed by atoms with Gasteiger partial charge in [-0.25, -0.2) is 0 Å². The van der Waals surface area contributed by atoms with Crippen molar-refractivity contribution in [2.24, 2.45) is 0 Å². The number of hydrogen-bond acceptors (Lipinski definition) is 4. The molecule has 2 aliphatic heterocycles. The first kappa shape index (κ1) is 18.7. The summed E-state index contributed by atoms with van der Waals surface area (Å²) in [6.07, 6.45) is 2.69. The molecule has 0 saturated carbocycles. The van der Waals surface area contributed by atoms with Crippen LogP contribution in [0, 0.1) is 0 Å². The number of benzene rings is 2. The number of nitrogens with zero attached hydrogens (tertiary/aromatic N) is 2. The van der Waals surface area contributed by atoms with Gasteiger partial charge in [-0.2, -0.15) is 0 Å². The van der Waals surface area contributed by atoms with Crippen LogP contribution < -0.4 is 15.1 Å². The van der Waals surface area contributed by atoms with Gasteiger partial charge in [0.05, 0.1) is 18.9 Å². The van der Waals surface area contributed by atoms with E-state index in [-0.39, 0.29) is 5.91 Å². The smallest absolute Gasteiger partial charge is 0.281 e. The quantitative estimate of drug-likeness (QED) is 0.638. The van der Waals surface area contributed by atoms with Crippen molar-refractivity contribution in [1.82, 2.24) is 5.32 Å². The monoisotopic (exact) mass is 393 g/mol. The molecular weight excluding hydrogens is 370 g/mol. The first-order valence-corrected chi connectivity index (χ1v) is 9.96. The zero-order valence-corrected chi connectivity index (χ0v) is 16.7. The molecule has 28 heavy (non-hydrogen) atoms. The van der Waals surface area contributed by atoms with Crippen molar-refractivity contribution in [3.05, 3.63) is 65.4 Å². The number of morpholine rings is 1. The summed E-state index contributed by atoms with van der Waals surface area (Å²) in [4.78, 5) is 16.9. The van der Waals surface area contributed by atoms with Crippen LogP contribution in [-0.4, -0.2) is 37.3 Å². The first-order chi connectivity index (χ1) is 13.7. The van der Waals surface area contributed by atoms with Gasteiger partial charge in [-0.3, -0.25) is 9.69 Å². The molecule has 0 aromatic heterocycles. The van der Waals surface area contributed by atoms with Gasteiger partial charge in [0.2, 0.25) is 0 Å². The third-order valence-electron chi connectivity index (χ3n) is 5.07. The lowest BCUT2D eigenvalue weighted by Gasteiger charge is -2.28. The van der Waals surface area contributed by atoms with E-state index in [4.69, 9.17) is 17.0 Å². The molecule has 2 saturated heterocycles. The topological polar surface area (TPSA) is 44.8 Å². The molecule has 0 atom stereocenters. The second-order valence-electron chi connectivity index (χ2n) is 6.80. The van der Waals surface area contributed by atoms with Crippen molar-refractivity contribution in [2.75, 3.05) is 36.1 Å². The molecule has 2 aliphatic rings. The summed E-state index contributed by atoms with van der Waals surface area (Å²) in [6, 6.07) is 16.1. The Bertz CT molecular complexity index is 918. The number of nitrogens with one attached hydrogen (secondary N) is 1. The fourth-order valence-corrected chi connectivity index (χ4v) is 3.84.